The van der Waals surface area contributed by atoms with Gasteiger partial charge in [0.1, 0.15) is 0 Å². The molecule has 230 valence electrons. The highest BCUT2D eigenvalue weighted by Gasteiger charge is 2.52. The average Bonchev–Trinajstić information content (AvgIpc) is 3.68. The number of thiophene rings is 1. The van der Waals surface area contributed by atoms with Gasteiger partial charge in [0.25, 0.3) is 0 Å². The maximum absolute atomic E-state index is 3.99. The number of hydrogen-bond acceptors (Lipinski definition) is 2. The Bertz CT molecular complexity index is 2350. The third-order valence-electron chi connectivity index (χ3n) is 10.6. The van der Waals surface area contributed by atoms with Crippen molar-refractivity contribution in [1.82, 2.24) is 0 Å². The molecule has 6 aromatic carbocycles. The Kier molecular flexibility index (Phi) is 5.88. The molecule has 1 aromatic heterocycles. The van der Waals surface area contributed by atoms with Crippen molar-refractivity contribution in [2.75, 3.05) is 5.32 Å². The van der Waals surface area contributed by atoms with Crippen molar-refractivity contribution in [1.29, 1.82) is 0 Å². The zero-order chi connectivity index (χ0) is 32.3. The fraction of sp³-hybridized carbons (Fsp3) is 0.200. The maximum Gasteiger partial charge on any atom is 0.0726 e. The summed E-state index contributed by atoms with van der Waals surface area (Å²) in [6.45, 7) is 14.0. The standard InChI is InChI=1S/C45H39NS/c1-43(2,3)27-21-23-29-30-24-22-28(44(4,5)6)26-37(30)45(36(29)25-27)34-16-9-7-14-33(34)41-35(45)17-12-18-38(41)46-39-19-11-15-32-31-13-8-10-20-40(31)47-42(32)39/h7-26,46H,1-6H3. The fourth-order valence-corrected chi connectivity index (χ4v) is 9.43. The summed E-state index contributed by atoms with van der Waals surface area (Å²) in [4.78, 5) is 0. The van der Waals surface area contributed by atoms with Crippen LogP contribution < -0.4 is 5.32 Å². The summed E-state index contributed by atoms with van der Waals surface area (Å²) in [6.07, 6.45) is 0. The predicted molar refractivity (Wildman–Crippen MR) is 203 cm³/mol. The van der Waals surface area contributed by atoms with Crippen LogP contribution in [0.1, 0.15) is 74.9 Å². The first kappa shape index (κ1) is 28.6. The molecule has 0 fully saturated rings. The minimum Gasteiger partial charge on any atom is -0.354 e. The Balaban J connectivity index is 1.34. The third kappa shape index (κ3) is 3.95. The molecule has 7 aromatic rings. The van der Waals surface area contributed by atoms with E-state index in [4.69, 9.17) is 0 Å². The number of benzene rings is 6. The van der Waals surface area contributed by atoms with Gasteiger partial charge in [0.05, 0.1) is 15.8 Å². The first-order valence-electron chi connectivity index (χ1n) is 16.8. The quantitative estimate of drug-likeness (QED) is 0.201. The summed E-state index contributed by atoms with van der Waals surface area (Å²) in [7, 11) is 0. The molecule has 2 heteroatoms. The molecule has 1 spiro atoms. The molecule has 0 saturated heterocycles. The van der Waals surface area contributed by atoms with E-state index >= 15 is 0 Å². The van der Waals surface area contributed by atoms with Gasteiger partial charge in [-0.2, -0.15) is 0 Å². The minimum atomic E-state index is -0.402. The SMILES string of the molecule is CC(C)(C)c1ccc2c(c1)C1(c3cc(C(C)(C)C)ccc3-2)c2ccccc2-c2c(Nc3cccc4c3sc3ccccc34)cccc21. The molecule has 2 aliphatic rings. The van der Waals surface area contributed by atoms with Crippen molar-refractivity contribution in [3.05, 3.63) is 155 Å². The van der Waals surface area contributed by atoms with Crippen LogP contribution in [-0.4, -0.2) is 0 Å². The highest BCUT2D eigenvalue weighted by Crippen LogP contribution is 2.64. The van der Waals surface area contributed by atoms with E-state index in [0.29, 0.717) is 0 Å². The van der Waals surface area contributed by atoms with Gasteiger partial charge in [-0.25, -0.2) is 0 Å². The van der Waals surface area contributed by atoms with Gasteiger partial charge >= 0.3 is 0 Å². The number of rotatable bonds is 2. The highest BCUT2D eigenvalue weighted by atomic mass is 32.1. The first-order valence-corrected chi connectivity index (χ1v) is 17.6. The number of fused-ring (bicyclic) bond motifs is 13. The summed E-state index contributed by atoms with van der Waals surface area (Å²) in [6, 6.07) is 46.1. The lowest BCUT2D eigenvalue weighted by Crippen LogP contribution is -2.27. The molecule has 0 bridgehead atoms. The Morgan fingerprint density at radius 1 is 0.489 bits per heavy atom. The van der Waals surface area contributed by atoms with Gasteiger partial charge < -0.3 is 5.32 Å². The minimum absolute atomic E-state index is 0.0366. The van der Waals surface area contributed by atoms with Crippen LogP contribution in [0.2, 0.25) is 0 Å². The number of anilines is 2. The molecule has 1 nitrogen and oxygen atoms in total. The molecule has 1 heterocycles. The maximum atomic E-state index is 3.99. The van der Waals surface area contributed by atoms with E-state index in [0.717, 1.165) is 11.4 Å². The smallest absolute Gasteiger partial charge is 0.0726 e. The first-order chi connectivity index (χ1) is 22.6. The molecule has 0 atom stereocenters. The van der Waals surface area contributed by atoms with Crippen molar-refractivity contribution >= 4 is 42.9 Å². The van der Waals surface area contributed by atoms with Gasteiger partial charge in [-0.05, 0) is 79.1 Å². The molecule has 0 amide bonds. The van der Waals surface area contributed by atoms with Crippen LogP contribution >= 0.6 is 11.3 Å². The van der Waals surface area contributed by atoms with Crippen molar-refractivity contribution in [3.63, 3.8) is 0 Å². The molecule has 0 saturated carbocycles. The Morgan fingerprint density at radius 2 is 1.06 bits per heavy atom. The van der Waals surface area contributed by atoms with Crippen LogP contribution in [0.3, 0.4) is 0 Å². The van der Waals surface area contributed by atoms with Gasteiger partial charge in [-0.3, -0.25) is 0 Å². The van der Waals surface area contributed by atoms with E-state index in [9.17, 15) is 0 Å². The second kappa shape index (κ2) is 9.69. The van der Waals surface area contributed by atoms with Crippen molar-refractivity contribution in [2.24, 2.45) is 0 Å². The van der Waals surface area contributed by atoms with Gasteiger partial charge in [-0.1, -0.05) is 145 Å². The lowest BCUT2D eigenvalue weighted by molar-refractivity contribution is 0.586. The highest BCUT2D eigenvalue weighted by molar-refractivity contribution is 7.26. The van der Waals surface area contributed by atoms with Crippen molar-refractivity contribution in [3.8, 4) is 22.3 Å². The molecular formula is C45H39NS. The van der Waals surface area contributed by atoms with E-state index < -0.39 is 5.41 Å². The van der Waals surface area contributed by atoms with Crippen LogP contribution in [0.25, 0.3) is 42.4 Å². The van der Waals surface area contributed by atoms with Gasteiger partial charge in [-0.15, -0.1) is 11.3 Å². The molecule has 0 aliphatic heterocycles. The molecule has 1 N–H and O–H groups in total. The largest absolute Gasteiger partial charge is 0.354 e. The molecule has 2 aliphatic carbocycles. The molecule has 9 rings (SSSR count). The van der Waals surface area contributed by atoms with Crippen LogP contribution in [-0.2, 0) is 16.2 Å². The van der Waals surface area contributed by atoms with Crippen LogP contribution in [0.4, 0.5) is 11.4 Å². The summed E-state index contributed by atoms with van der Waals surface area (Å²) in [5, 5.41) is 6.62. The zero-order valence-electron chi connectivity index (χ0n) is 28.0. The monoisotopic (exact) mass is 625 g/mol. The average molecular weight is 626 g/mol. The van der Waals surface area contributed by atoms with Crippen LogP contribution in [0.5, 0.6) is 0 Å². The van der Waals surface area contributed by atoms with Gasteiger partial charge in [0.15, 0.2) is 0 Å². The predicted octanol–water partition coefficient (Wildman–Crippen LogP) is 12.7. The summed E-state index contributed by atoms with van der Waals surface area (Å²) in [5.41, 5.74) is 15.6. The molecule has 0 radical (unpaired) electrons. The van der Waals surface area contributed by atoms with Gasteiger partial charge in [0, 0.05) is 26.7 Å². The van der Waals surface area contributed by atoms with E-state index in [2.05, 4.69) is 168 Å². The summed E-state index contributed by atoms with van der Waals surface area (Å²) < 4.78 is 2.62. The van der Waals surface area contributed by atoms with E-state index in [1.165, 1.54) is 75.8 Å². The second-order valence-electron chi connectivity index (χ2n) is 15.4. The van der Waals surface area contributed by atoms with Crippen molar-refractivity contribution < 1.29 is 0 Å². The van der Waals surface area contributed by atoms with E-state index in [-0.39, 0.29) is 10.8 Å². The second-order valence-corrected chi connectivity index (χ2v) is 16.5. The Morgan fingerprint density at radius 3 is 1.77 bits per heavy atom. The fourth-order valence-electron chi connectivity index (χ4n) is 8.26. The van der Waals surface area contributed by atoms with Crippen molar-refractivity contribution in [2.45, 2.75) is 57.8 Å². The zero-order valence-corrected chi connectivity index (χ0v) is 28.8. The van der Waals surface area contributed by atoms with Crippen LogP contribution in [0.15, 0.2) is 121 Å². The van der Waals surface area contributed by atoms with Gasteiger partial charge in [0.2, 0.25) is 0 Å². The molecule has 47 heavy (non-hydrogen) atoms. The molecular weight excluding hydrogens is 587 g/mol. The van der Waals surface area contributed by atoms with Crippen LogP contribution in [0, 0.1) is 0 Å². The Labute approximate surface area is 281 Å². The third-order valence-corrected chi connectivity index (χ3v) is 11.8. The summed E-state index contributed by atoms with van der Waals surface area (Å²) in [5.74, 6) is 0. The lowest BCUT2D eigenvalue weighted by Gasteiger charge is -2.33. The Hall–Kier alpha value is -4.66. The topological polar surface area (TPSA) is 12.0 Å². The normalized spacial score (nSPS) is 14.3. The number of nitrogens with one attached hydrogen (secondary N) is 1. The lowest BCUT2D eigenvalue weighted by atomic mass is 9.69. The van der Waals surface area contributed by atoms with E-state index in [1.807, 2.05) is 11.3 Å². The van der Waals surface area contributed by atoms with E-state index in [1.54, 1.807) is 0 Å². The molecule has 0 unspecified atom stereocenters. The summed E-state index contributed by atoms with van der Waals surface area (Å²) >= 11 is 1.87. The number of hydrogen-bond donors (Lipinski definition) is 1.